The van der Waals surface area contributed by atoms with E-state index in [4.69, 9.17) is 14.2 Å². The first-order valence-electron chi connectivity index (χ1n) is 12.6. The zero-order chi connectivity index (χ0) is 28.8. The number of hydrogen-bond donors (Lipinski definition) is 1. The third kappa shape index (κ3) is 5.33. The molecule has 1 fully saturated rings. The Morgan fingerprint density at radius 3 is 2.64 bits per heavy atom. The van der Waals surface area contributed by atoms with Gasteiger partial charge in [0.05, 0.1) is 29.0 Å². The van der Waals surface area contributed by atoms with Crippen LogP contribution in [0.4, 0.5) is 0 Å². The van der Waals surface area contributed by atoms with E-state index in [1.165, 1.54) is 35.4 Å². The van der Waals surface area contributed by atoms with Crippen molar-refractivity contribution < 1.29 is 68.1 Å². The van der Waals surface area contributed by atoms with Crippen molar-refractivity contribution in [3.63, 3.8) is 0 Å². The number of pyridine rings is 1. The summed E-state index contributed by atoms with van der Waals surface area (Å²) >= 11 is 2.65. The molecule has 212 valence electrons. The van der Waals surface area contributed by atoms with E-state index in [1.807, 2.05) is 24.4 Å². The molecule has 0 spiro atoms. The number of esters is 1. The van der Waals surface area contributed by atoms with Crippen LogP contribution in [0, 0.1) is 0 Å². The molecule has 2 aromatic heterocycles. The van der Waals surface area contributed by atoms with E-state index in [0.29, 0.717) is 23.6 Å². The third-order valence-corrected chi connectivity index (χ3v) is 9.20. The zero-order valence-electron chi connectivity index (χ0n) is 22.5. The topological polar surface area (TPSA) is 156 Å². The fourth-order valence-electron chi connectivity index (χ4n) is 5.00. The average molecular weight is 620 g/mol. The maximum Gasteiger partial charge on any atom is 1.00 e. The standard InChI is InChI=1S/C27H23N3O9S2.Na/c1-2-29-9-16(23(32)15-7-18-19(8-17(15)29)39-12-38-18)27(36)37-10-13-11-41-25-21(24(33)30(25)22(13)26(34)35)28-20(31)6-14-4-3-5-40-14;/h3-5,7-9,21,25H,2,6,10-12H2,1H3,(H,28,31)(H,34,35);/q;+1/p-1/t21-,25-;/m1./s1. The summed E-state index contributed by atoms with van der Waals surface area (Å²) in [5.41, 5.74) is -0.491. The van der Waals surface area contributed by atoms with Gasteiger partial charge in [0.2, 0.25) is 18.1 Å². The summed E-state index contributed by atoms with van der Waals surface area (Å²) in [4.78, 5) is 65.5. The smallest absolute Gasteiger partial charge is 0.543 e. The first-order valence-corrected chi connectivity index (χ1v) is 14.5. The van der Waals surface area contributed by atoms with Crippen LogP contribution in [0.2, 0.25) is 0 Å². The van der Waals surface area contributed by atoms with Gasteiger partial charge in [-0.1, -0.05) is 6.07 Å². The van der Waals surface area contributed by atoms with Crippen molar-refractivity contribution in [2.45, 2.75) is 31.3 Å². The van der Waals surface area contributed by atoms with Gasteiger partial charge < -0.3 is 34.0 Å². The van der Waals surface area contributed by atoms with Crippen molar-refractivity contribution in [2.75, 3.05) is 19.2 Å². The van der Waals surface area contributed by atoms with Crippen molar-refractivity contribution in [2.24, 2.45) is 0 Å². The van der Waals surface area contributed by atoms with Crippen molar-refractivity contribution in [3.8, 4) is 11.5 Å². The number of thioether (sulfide) groups is 1. The molecule has 42 heavy (non-hydrogen) atoms. The van der Waals surface area contributed by atoms with Crippen molar-refractivity contribution >= 4 is 57.8 Å². The van der Waals surface area contributed by atoms with E-state index >= 15 is 0 Å². The van der Waals surface area contributed by atoms with Gasteiger partial charge in [-0.2, -0.15) is 0 Å². The molecule has 1 aromatic carbocycles. The maximum absolute atomic E-state index is 13.2. The number of carboxylic acid groups (broad SMARTS) is 1. The van der Waals surface area contributed by atoms with Crippen LogP contribution >= 0.6 is 23.1 Å². The van der Waals surface area contributed by atoms with E-state index < -0.39 is 47.0 Å². The van der Waals surface area contributed by atoms with Gasteiger partial charge in [-0.3, -0.25) is 19.3 Å². The number of β-lactam (4-membered cyclic amide) rings is 1. The fourth-order valence-corrected chi connectivity index (χ4v) is 7.03. The van der Waals surface area contributed by atoms with Crippen LogP contribution in [0.15, 0.2) is 51.9 Å². The molecule has 0 bridgehead atoms. The number of thiophene rings is 1. The van der Waals surface area contributed by atoms with Crippen molar-refractivity contribution in [3.05, 3.63) is 67.8 Å². The molecule has 0 aliphatic carbocycles. The Morgan fingerprint density at radius 1 is 1.19 bits per heavy atom. The van der Waals surface area contributed by atoms with Crippen LogP contribution < -0.4 is 54.9 Å². The fraction of sp³-hybridized carbons (Fsp3) is 0.296. The van der Waals surface area contributed by atoms with E-state index in [9.17, 15) is 29.1 Å². The second-order valence-electron chi connectivity index (χ2n) is 9.41. The Balaban J connectivity index is 0.00000353. The van der Waals surface area contributed by atoms with E-state index in [2.05, 4.69) is 5.32 Å². The molecule has 0 radical (unpaired) electrons. The van der Waals surface area contributed by atoms with Crippen LogP contribution in [0.25, 0.3) is 10.9 Å². The number of rotatable bonds is 8. The number of ether oxygens (including phenoxy) is 3. The first kappa shape index (κ1) is 30.2. The third-order valence-electron chi connectivity index (χ3n) is 6.98. The van der Waals surface area contributed by atoms with Gasteiger partial charge >= 0.3 is 35.5 Å². The Bertz CT molecular complexity index is 1700. The minimum atomic E-state index is -1.60. The van der Waals surface area contributed by atoms with Gasteiger partial charge in [-0.05, 0) is 24.4 Å². The molecule has 15 heteroatoms. The summed E-state index contributed by atoms with van der Waals surface area (Å²) < 4.78 is 17.9. The van der Waals surface area contributed by atoms with Crippen molar-refractivity contribution in [1.82, 2.24) is 14.8 Å². The predicted octanol–water partition coefficient (Wildman–Crippen LogP) is -2.38. The second kappa shape index (κ2) is 12.1. The average Bonchev–Trinajstić information content (AvgIpc) is 3.65. The summed E-state index contributed by atoms with van der Waals surface area (Å²) in [7, 11) is 0. The van der Waals surface area contributed by atoms with E-state index in [0.717, 1.165) is 9.78 Å². The molecule has 3 aliphatic rings. The maximum atomic E-state index is 13.2. The number of amides is 2. The minimum Gasteiger partial charge on any atom is -0.543 e. The van der Waals surface area contributed by atoms with Gasteiger partial charge in [-0.25, -0.2) is 4.79 Å². The number of carbonyl (C=O) groups is 4. The molecule has 3 aliphatic heterocycles. The molecular formula is C27H22N3NaO9S2. The van der Waals surface area contributed by atoms with Crippen LogP contribution in [0.1, 0.15) is 22.2 Å². The Kier molecular flexibility index (Phi) is 8.71. The van der Waals surface area contributed by atoms with Crippen LogP contribution in [-0.2, 0) is 32.1 Å². The van der Waals surface area contributed by atoms with Gasteiger partial charge in [0.25, 0.3) is 5.91 Å². The molecule has 12 nitrogen and oxygen atoms in total. The molecule has 5 heterocycles. The van der Waals surface area contributed by atoms with Crippen molar-refractivity contribution in [1.29, 1.82) is 0 Å². The number of aryl methyl sites for hydroxylation is 1. The zero-order valence-corrected chi connectivity index (χ0v) is 26.2. The number of aliphatic carboxylic acids is 1. The predicted molar refractivity (Wildman–Crippen MR) is 145 cm³/mol. The number of fused-ring (bicyclic) bond motifs is 3. The summed E-state index contributed by atoms with van der Waals surface area (Å²) in [5, 5.41) is 16.2. The van der Waals surface area contributed by atoms with Gasteiger partial charge in [0.15, 0.2) is 11.5 Å². The molecule has 1 saturated heterocycles. The molecule has 0 unspecified atom stereocenters. The number of carbonyl (C=O) groups excluding carboxylic acids is 4. The number of aromatic nitrogens is 1. The molecule has 2 amide bonds. The monoisotopic (exact) mass is 619 g/mol. The molecule has 2 atom stereocenters. The summed E-state index contributed by atoms with van der Waals surface area (Å²) in [6.07, 6.45) is 1.50. The number of benzene rings is 1. The summed E-state index contributed by atoms with van der Waals surface area (Å²) in [6.45, 7) is 1.85. The molecule has 3 aromatic rings. The van der Waals surface area contributed by atoms with Crippen LogP contribution in [0.3, 0.4) is 0 Å². The van der Waals surface area contributed by atoms with Gasteiger partial charge in [-0.15, -0.1) is 23.1 Å². The summed E-state index contributed by atoms with van der Waals surface area (Å²) in [5.74, 6) is -2.49. The minimum absolute atomic E-state index is 0. The number of hydrogen-bond acceptors (Lipinski definition) is 11. The molecular weight excluding hydrogens is 597 g/mol. The second-order valence-corrected chi connectivity index (χ2v) is 11.5. The largest absolute Gasteiger partial charge is 1.00 e. The first-order chi connectivity index (χ1) is 19.8. The number of carboxylic acids is 1. The van der Waals surface area contributed by atoms with Gasteiger partial charge in [0, 0.05) is 35.0 Å². The molecule has 1 N–H and O–H groups in total. The van der Waals surface area contributed by atoms with Crippen LogP contribution in [-0.4, -0.2) is 63.8 Å². The Hall–Kier alpha value is -3.30. The van der Waals surface area contributed by atoms with E-state index in [1.54, 1.807) is 10.6 Å². The summed E-state index contributed by atoms with van der Waals surface area (Å²) in [6, 6.07) is 5.94. The molecule has 0 saturated carbocycles. The quantitative estimate of drug-likeness (QED) is 0.164. The van der Waals surface area contributed by atoms with E-state index in [-0.39, 0.29) is 71.0 Å². The van der Waals surface area contributed by atoms with Crippen LogP contribution in [0.5, 0.6) is 11.5 Å². The SMILES string of the molecule is CCn1cc(C(=O)OCC2=C(C(=O)[O-])N3C(=O)[C@@H](NC(=O)Cc4cccs4)[C@H]3SC2)c(=O)c2cc3c(cc21)OCO3.[Na+]. The number of nitrogens with zero attached hydrogens (tertiary/aromatic N) is 2. The number of nitrogens with one attached hydrogen (secondary N) is 1. The van der Waals surface area contributed by atoms with Gasteiger partial charge in [0.1, 0.15) is 23.6 Å². The molecule has 6 rings (SSSR count). The Morgan fingerprint density at radius 2 is 1.95 bits per heavy atom. The normalized spacial score (nSPS) is 18.7. The Labute approximate surface area is 268 Å².